The monoisotopic (exact) mass is 457 g/mol. The van der Waals surface area contributed by atoms with Crippen LogP contribution < -0.4 is 14.8 Å². The molecule has 0 aliphatic rings. The van der Waals surface area contributed by atoms with Crippen molar-refractivity contribution in [2.24, 2.45) is 7.05 Å². The summed E-state index contributed by atoms with van der Waals surface area (Å²) in [5, 5.41) is 22.4. The first-order valence-electron chi connectivity index (χ1n) is 9.62. The molecule has 0 fully saturated rings. The minimum atomic E-state index is -0.501. The predicted molar refractivity (Wildman–Crippen MR) is 120 cm³/mol. The minimum Gasteiger partial charge on any atom is -0.493 e. The van der Waals surface area contributed by atoms with Gasteiger partial charge < -0.3 is 19.4 Å². The van der Waals surface area contributed by atoms with Crippen molar-refractivity contribution in [1.82, 2.24) is 14.8 Å². The number of benzene rings is 2. The molecule has 0 aliphatic carbocycles. The number of nitro benzene ring substituents is 1. The highest BCUT2D eigenvalue weighted by Gasteiger charge is 2.15. The number of non-ortho nitro benzene ring substituents is 1. The Morgan fingerprint density at radius 3 is 2.69 bits per heavy atom. The van der Waals surface area contributed by atoms with Crippen LogP contribution in [0.1, 0.15) is 17.0 Å². The van der Waals surface area contributed by atoms with E-state index in [9.17, 15) is 14.9 Å². The summed E-state index contributed by atoms with van der Waals surface area (Å²) in [6, 6.07) is 9.98. The summed E-state index contributed by atoms with van der Waals surface area (Å²) >= 11 is 1.21. The SMILES string of the molecule is COc1cc(C)ccc1OCc1nnc(SCC(=O)Nc2cc([N+](=O)[O-])ccc2C)n1C. The molecule has 0 spiro atoms. The Morgan fingerprint density at radius 1 is 1.19 bits per heavy atom. The smallest absolute Gasteiger partial charge is 0.271 e. The number of thioether (sulfide) groups is 1. The second-order valence-corrected chi connectivity index (χ2v) is 7.94. The molecule has 1 amide bonds. The summed E-state index contributed by atoms with van der Waals surface area (Å²) in [5.41, 5.74) is 2.12. The number of rotatable bonds is 9. The Labute approximate surface area is 189 Å². The van der Waals surface area contributed by atoms with Gasteiger partial charge >= 0.3 is 0 Å². The Morgan fingerprint density at radius 2 is 1.97 bits per heavy atom. The lowest BCUT2D eigenvalue weighted by Crippen LogP contribution is -2.15. The number of methoxy groups -OCH3 is 1. The molecule has 3 rings (SSSR count). The van der Waals surface area contributed by atoms with Crippen LogP contribution >= 0.6 is 11.8 Å². The van der Waals surface area contributed by atoms with Crippen LogP contribution in [0.15, 0.2) is 41.6 Å². The van der Waals surface area contributed by atoms with Crippen LogP contribution in [0.2, 0.25) is 0 Å². The van der Waals surface area contributed by atoms with E-state index in [-0.39, 0.29) is 24.0 Å². The normalized spacial score (nSPS) is 10.6. The summed E-state index contributed by atoms with van der Waals surface area (Å²) < 4.78 is 12.9. The van der Waals surface area contributed by atoms with Gasteiger partial charge in [0.1, 0.15) is 6.61 Å². The third-order valence-electron chi connectivity index (χ3n) is 4.64. The zero-order chi connectivity index (χ0) is 23.3. The van der Waals surface area contributed by atoms with Gasteiger partial charge in [-0.25, -0.2) is 0 Å². The topological polar surface area (TPSA) is 121 Å². The van der Waals surface area contributed by atoms with Crippen molar-refractivity contribution < 1.29 is 19.2 Å². The molecule has 0 radical (unpaired) electrons. The van der Waals surface area contributed by atoms with Gasteiger partial charge in [-0.15, -0.1) is 10.2 Å². The molecule has 0 saturated carbocycles. The zero-order valence-electron chi connectivity index (χ0n) is 18.1. The second-order valence-electron chi connectivity index (χ2n) is 6.99. The van der Waals surface area contributed by atoms with Gasteiger partial charge in [0, 0.05) is 19.2 Å². The molecule has 168 valence electrons. The number of ether oxygens (including phenoxy) is 2. The highest BCUT2D eigenvalue weighted by Crippen LogP contribution is 2.28. The number of aromatic nitrogens is 3. The Balaban J connectivity index is 1.59. The maximum absolute atomic E-state index is 12.3. The molecule has 10 nitrogen and oxygen atoms in total. The van der Waals surface area contributed by atoms with Gasteiger partial charge in [-0.05, 0) is 37.1 Å². The molecule has 2 aromatic carbocycles. The standard InChI is InChI=1S/C21H23N5O5S/c1-13-5-8-17(18(9-13)30-4)31-11-19-23-24-21(25(19)3)32-12-20(27)22-16-10-15(26(28)29)7-6-14(16)2/h5-10H,11-12H2,1-4H3,(H,22,27). The maximum atomic E-state index is 12.3. The van der Waals surface area contributed by atoms with Crippen molar-refractivity contribution in [1.29, 1.82) is 0 Å². The molecule has 0 aliphatic heterocycles. The third kappa shape index (κ3) is 5.55. The lowest BCUT2D eigenvalue weighted by atomic mass is 10.2. The number of carbonyl (C=O) groups is 1. The third-order valence-corrected chi connectivity index (χ3v) is 5.66. The van der Waals surface area contributed by atoms with Gasteiger partial charge in [-0.2, -0.15) is 0 Å². The van der Waals surface area contributed by atoms with Crippen LogP contribution in [0.4, 0.5) is 11.4 Å². The number of hydrogen-bond acceptors (Lipinski definition) is 8. The average molecular weight is 458 g/mol. The van der Waals surface area contributed by atoms with Gasteiger partial charge in [-0.3, -0.25) is 14.9 Å². The lowest BCUT2D eigenvalue weighted by Gasteiger charge is -2.11. The predicted octanol–water partition coefficient (Wildman–Crippen LogP) is 3.66. The fourth-order valence-corrected chi connectivity index (χ4v) is 3.54. The molecular formula is C21H23N5O5S. The van der Waals surface area contributed by atoms with E-state index in [1.165, 1.54) is 23.9 Å². The van der Waals surface area contributed by atoms with Gasteiger partial charge in [-0.1, -0.05) is 23.9 Å². The number of nitro groups is 1. The number of aryl methyl sites for hydroxylation is 2. The molecule has 3 aromatic rings. The number of anilines is 1. The molecule has 1 aromatic heterocycles. The lowest BCUT2D eigenvalue weighted by molar-refractivity contribution is -0.384. The number of hydrogen-bond donors (Lipinski definition) is 1. The van der Waals surface area contributed by atoms with E-state index in [0.717, 1.165) is 11.1 Å². The Hall–Kier alpha value is -3.60. The average Bonchev–Trinajstić information content (AvgIpc) is 3.12. The maximum Gasteiger partial charge on any atom is 0.271 e. The number of nitrogens with zero attached hydrogens (tertiary/aromatic N) is 4. The molecule has 0 unspecified atom stereocenters. The van der Waals surface area contributed by atoms with Gasteiger partial charge in [0.25, 0.3) is 5.69 Å². The van der Waals surface area contributed by atoms with E-state index in [1.54, 1.807) is 31.7 Å². The first kappa shape index (κ1) is 23.1. The van der Waals surface area contributed by atoms with E-state index in [2.05, 4.69) is 15.5 Å². The molecule has 0 atom stereocenters. The Kier molecular flexibility index (Phi) is 7.31. The van der Waals surface area contributed by atoms with Crippen LogP contribution in [-0.2, 0) is 18.4 Å². The van der Waals surface area contributed by atoms with Crippen molar-refractivity contribution in [3.8, 4) is 11.5 Å². The summed E-state index contributed by atoms with van der Waals surface area (Å²) in [6.45, 7) is 3.92. The summed E-state index contributed by atoms with van der Waals surface area (Å²) in [7, 11) is 3.37. The van der Waals surface area contributed by atoms with E-state index >= 15 is 0 Å². The Bertz CT molecular complexity index is 1150. The van der Waals surface area contributed by atoms with Crippen molar-refractivity contribution in [3.05, 3.63) is 63.5 Å². The summed E-state index contributed by atoms with van der Waals surface area (Å²) in [4.78, 5) is 22.8. The number of nitrogens with one attached hydrogen (secondary N) is 1. The summed E-state index contributed by atoms with van der Waals surface area (Å²) in [5.74, 6) is 1.59. The second kappa shape index (κ2) is 10.1. The van der Waals surface area contributed by atoms with Gasteiger partial charge in [0.15, 0.2) is 22.5 Å². The highest BCUT2D eigenvalue weighted by atomic mass is 32.2. The first-order chi connectivity index (χ1) is 15.3. The molecule has 1 heterocycles. The van der Waals surface area contributed by atoms with Crippen molar-refractivity contribution in [2.45, 2.75) is 25.6 Å². The molecule has 0 saturated heterocycles. The molecule has 1 N–H and O–H groups in total. The van der Waals surface area contributed by atoms with E-state index < -0.39 is 4.92 Å². The number of amides is 1. The highest BCUT2D eigenvalue weighted by molar-refractivity contribution is 7.99. The van der Waals surface area contributed by atoms with Crippen LogP contribution in [0, 0.1) is 24.0 Å². The fraction of sp³-hybridized carbons (Fsp3) is 0.286. The van der Waals surface area contributed by atoms with E-state index in [0.29, 0.717) is 28.2 Å². The number of carbonyl (C=O) groups excluding carboxylic acids is 1. The van der Waals surface area contributed by atoms with E-state index in [1.807, 2.05) is 25.1 Å². The van der Waals surface area contributed by atoms with Crippen LogP contribution in [-0.4, -0.2) is 38.5 Å². The summed E-state index contributed by atoms with van der Waals surface area (Å²) in [6.07, 6.45) is 0. The quantitative estimate of drug-likeness (QED) is 0.293. The van der Waals surface area contributed by atoms with Crippen molar-refractivity contribution in [3.63, 3.8) is 0 Å². The van der Waals surface area contributed by atoms with Crippen molar-refractivity contribution >= 4 is 29.0 Å². The van der Waals surface area contributed by atoms with Crippen LogP contribution in [0.25, 0.3) is 0 Å². The minimum absolute atomic E-state index is 0.0702. The van der Waals surface area contributed by atoms with Crippen molar-refractivity contribution in [2.75, 3.05) is 18.2 Å². The van der Waals surface area contributed by atoms with Gasteiger partial charge in [0.2, 0.25) is 5.91 Å². The molecule has 32 heavy (non-hydrogen) atoms. The molecular weight excluding hydrogens is 434 g/mol. The van der Waals surface area contributed by atoms with E-state index in [4.69, 9.17) is 9.47 Å². The molecule has 0 bridgehead atoms. The van der Waals surface area contributed by atoms with Gasteiger partial charge in [0.05, 0.1) is 23.5 Å². The zero-order valence-corrected chi connectivity index (χ0v) is 18.9. The molecule has 11 heteroatoms. The van der Waals surface area contributed by atoms with Crippen LogP contribution in [0.5, 0.6) is 11.5 Å². The fourth-order valence-electron chi connectivity index (χ4n) is 2.81. The largest absolute Gasteiger partial charge is 0.493 e. The first-order valence-corrected chi connectivity index (χ1v) is 10.6. The van der Waals surface area contributed by atoms with Crippen LogP contribution in [0.3, 0.4) is 0 Å².